The number of hydrogen-bond donors (Lipinski definition) is 0. The van der Waals surface area contributed by atoms with Crippen LogP contribution in [0.4, 0.5) is 8.78 Å². The lowest BCUT2D eigenvalue weighted by atomic mass is 10.1. The molecule has 0 saturated heterocycles. The second-order valence-electron chi connectivity index (χ2n) is 8.22. The van der Waals surface area contributed by atoms with E-state index in [0.717, 1.165) is 5.56 Å². The van der Waals surface area contributed by atoms with Gasteiger partial charge in [-0.2, -0.15) is 5.10 Å². The molecule has 0 N–H and O–H groups in total. The van der Waals surface area contributed by atoms with Crippen LogP contribution in [0.1, 0.15) is 29.8 Å². The van der Waals surface area contributed by atoms with Crippen LogP contribution in [-0.4, -0.2) is 26.6 Å². The number of hydrogen-bond acceptors (Lipinski definition) is 3. The monoisotopic (exact) mass is 461 g/mol. The molecule has 0 aliphatic heterocycles. The minimum absolute atomic E-state index is 0.182. The minimum Gasteiger partial charge on any atom is -0.439 e. The van der Waals surface area contributed by atoms with Crippen molar-refractivity contribution in [3.05, 3.63) is 102 Å². The van der Waals surface area contributed by atoms with Crippen LogP contribution in [0.5, 0.6) is 11.6 Å². The Morgan fingerprint density at radius 3 is 2.32 bits per heavy atom. The van der Waals surface area contributed by atoms with Gasteiger partial charge in [-0.05, 0) is 56.3 Å². The molecule has 7 heteroatoms. The van der Waals surface area contributed by atoms with Gasteiger partial charge in [-0.25, -0.2) is 13.5 Å². The highest BCUT2D eigenvalue weighted by Crippen LogP contribution is 2.35. The molecule has 0 atom stereocenters. The fraction of sp³-hybridized carbons (Fsp3) is 0.185. The van der Waals surface area contributed by atoms with Gasteiger partial charge >= 0.3 is 0 Å². The second-order valence-corrected chi connectivity index (χ2v) is 8.22. The molecule has 0 aliphatic rings. The van der Waals surface area contributed by atoms with E-state index in [1.165, 1.54) is 42.5 Å². The van der Waals surface area contributed by atoms with E-state index >= 15 is 0 Å². The number of aryl methyl sites for hydroxylation is 1. The number of ether oxygens (including phenoxy) is 1. The highest BCUT2D eigenvalue weighted by Gasteiger charge is 2.26. The number of aromatic nitrogens is 2. The third-order valence-corrected chi connectivity index (χ3v) is 5.45. The largest absolute Gasteiger partial charge is 0.439 e. The van der Waals surface area contributed by atoms with E-state index in [0.29, 0.717) is 22.9 Å². The van der Waals surface area contributed by atoms with Gasteiger partial charge in [0.1, 0.15) is 23.1 Å². The summed E-state index contributed by atoms with van der Waals surface area (Å²) < 4.78 is 34.9. The molecule has 174 valence electrons. The molecule has 0 aliphatic carbocycles. The van der Waals surface area contributed by atoms with E-state index in [2.05, 4.69) is 5.10 Å². The van der Waals surface area contributed by atoms with Crippen LogP contribution >= 0.6 is 0 Å². The summed E-state index contributed by atoms with van der Waals surface area (Å²) in [6, 6.07) is 20.8. The van der Waals surface area contributed by atoms with E-state index in [-0.39, 0.29) is 29.9 Å². The molecule has 0 bridgehead atoms. The van der Waals surface area contributed by atoms with Gasteiger partial charge in [-0.1, -0.05) is 36.4 Å². The molecular weight excluding hydrogens is 436 g/mol. The molecule has 1 aromatic heterocycles. The molecule has 0 fully saturated rings. The summed E-state index contributed by atoms with van der Waals surface area (Å²) in [5, 5.41) is 4.67. The van der Waals surface area contributed by atoms with Gasteiger partial charge in [0, 0.05) is 24.2 Å². The van der Waals surface area contributed by atoms with E-state index in [1.54, 1.807) is 22.7 Å². The maximum absolute atomic E-state index is 13.8. The number of nitrogens with zero attached hydrogens (tertiary/aromatic N) is 3. The standard InChI is InChI=1S/C27H25F2N3O2/c1-18(2)32(26(33)20-10-7-11-22(29)16-20)17-24-25(19-8-5-4-6-9-19)30-31(3)27(24)34-23-14-12-21(28)13-15-23/h4-16,18H,17H2,1-3H3. The molecule has 1 amide bonds. The Morgan fingerprint density at radius 1 is 0.971 bits per heavy atom. The first-order chi connectivity index (χ1) is 16.3. The van der Waals surface area contributed by atoms with Crippen LogP contribution in [-0.2, 0) is 13.6 Å². The van der Waals surface area contributed by atoms with Crippen molar-refractivity contribution < 1.29 is 18.3 Å². The van der Waals surface area contributed by atoms with E-state index in [1.807, 2.05) is 44.2 Å². The predicted molar refractivity (Wildman–Crippen MR) is 127 cm³/mol. The molecule has 4 rings (SSSR count). The summed E-state index contributed by atoms with van der Waals surface area (Å²) in [6.45, 7) is 3.98. The maximum atomic E-state index is 13.8. The summed E-state index contributed by atoms with van der Waals surface area (Å²) in [7, 11) is 1.75. The topological polar surface area (TPSA) is 47.4 Å². The van der Waals surface area contributed by atoms with Gasteiger partial charge < -0.3 is 9.64 Å². The highest BCUT2D eigenvalue weighted by atomic mass is 19.1. The zero-order valence-electron chi connectivity index (χ0n) is 19.2. The minimum atomic E-state index is -0.471. The van der Waals surface area contributed by atoms with E-state index in [9.17, 15) is 13.6 Å². The molecule has 0 radical (unpaired) electrons. The third kappa shape index (κ3) is 4.98. The average Bonchev–Trinajstić information content (AvgIpc) is 3.13. The number of halogens is 2. The molecule has 0 spiro atoms. The summed E-state index contributed by atoms with van der Waals surface area (Å²) in [4.78, 5) is 15.0. The van der Waals surface area contributed by atoms with Gasteiger partial charge in [0.2, 0.25) is 5.88 Å². The summed E-state index contributed by atoms with van der Waals surface area (Å²) in [6.07, 6.45) is 0. The fourth-order valence-electron chi connectivity index (χ4n) is 3.71. The molecule has 3 aromatic carbocycles. The van der Waals surface area contributed by atoms with Crippen molar-refractivity contribution in [1.82, 2.24) is 14.7 Å². The summed E-state index contributed by atoms with van der Waals surface area (Å²) >= 11 is 0. The first-order valence-corrected chi connectivity index (χ1v) is 10.9. The zero-order chi connectivity index (χ0) is 24.2. The number of carbonyl (C=O) groups excluding carboxylic acids is 1. The van der Waals surface area contributed by atoms with Crippen LogP contribution in [0.15, 0.2) is 78.9 Å². The Balaban J connectivity index is 1.78. The van der Waals surface area contributed by atoms with Crippen LogP contribution in [0, 0.1) is 11.6 Å². The molecule has 0 unspecified atom stereocenters. The van der Waals surface area contributed by atoms with Crippen LogP contribution in [0.2, 0.25) is 0 Å². The Hall–Kier alpha value is -4.00. The van der Waals surface area contributed by atoms with E-state index < -0.39 is 5.82 Å². The molecule has 4 aromatic rings. The van der Waals surface area contributed by atoms with Gasteiger partial charge in [0.05, 0.1) is 12.1 Å². The lowest BCUT2D eigenvalue weighted by Crippen LogP contribution is -2.36. The van der Waals surface area contributed by atoms with Gasteiger partial charge in [0.15, 0.2) is 0 Å². The summed E-state index contributed by atoms with van der Waals surface area (Å²) in [5.41, 5.74) is 2.48. The van der Waals surface area contributed by atoms with Crippen molar-refractivity contribution in [2.24, 2.45) is 7.05 Å². The third-order valence-electron chi connectivity index (χ3n) is 5.45. The number of rotatable bonds is 7. The van der Waals surface area contributed by atoms with Crippen molar-refractivity contribution in [3.63, 3.8) is 0 Å². The highest BCUT2D eigenvalue weighted by molar-refractivity contribution is 5.94. The Kier molecular flexibility index (Phi) is 6.72. The molecule has 5 nitrogen and oxygen atoms in total. The molecule has 1 heterocycles. The molecule has 0 saturated carbocycles. The second kappa shape index (κ2) is 9.87. The van der Waals surface area contributed by atoms with Crippen LogP contribution in [0.3, 0.4) is 0 Å². The molecule has 34 heavy (non-hydrogen) atoms. The van der Waals surface area contributed by atoms with Crippen molar-refractivity contribution in [3.8, 4) is 22.9 Å². The first kappa shape index (κ1) is 23.2. The van der Waals surface area contributed by atoms with Gasteiger partial charge in [0.25, 0.3) is 5.91 Å². The number of carbonyl (C=O) groups is 1. The number of amides is 1. The Labute approximate surface area is 197 Å². The van der Waals surface area contributed by atoms with Gasteiger partial charge in [-0.3, -0.25) is 4.79 Å². The predicted octanol–water partition coefficient (Wildman–Crippen LogP) is 6.21. The van der Waals surface area contributed by atoms with Crippen molar-refractivity contribution in [2.45, 2.75) is 26.4 Å². The summed E-state index contributed by atoms with van der Waals surface area (Å²) in [5.74, 6) is -0.262. The van der Waals surface area contributed by atoms with Crippen molar-refractivity contribution in [1.29, 1.82) is 0 Å². The zero-order valence-corrected chi connectivity index (χ0v) is 19.2. The Morgan fingerprint density at radius 2 is 1.68 bits per heavy atom. The molecular formula is C27H25F2N3O2. The van der Waals surface area contributed by atoms with Crippen molar-refractivity contribution in [2.75, 3.05) is 0 Å². The number of benzene rings is 3. The SMILES string of the molecule is CC(C)N(Cc1c(-c2ccccc2)nn(C)c1Oc1ccc(F)cc1)C(=O)c1cccc(F)c1. The lowest BCUT2D eigenvalue weighted by molar-refractivity contribution is 0.0689. The normalized spacial score (nSPS) is 11.0. The quantitative estimate of drug-likeness (QED) is 0.329. The fourth-order valence-corrected chi connectivity index (χ4v) is 3.71. The van der Waals surface area contributed by atoms with Crippen LogP contribution in [0.25, 0.3) is 11.3 Å². The van der Waals surface area contributed by atoms with E-state index in [4.69, 9.17) is 4.74 Å². The maximum Gasteiger partial charge on any atom is 0.254 e. The van der Waals surface area contributed by atoms with Crippen LogP contribution < -0.4 is 4.74 Å². The lowest BCUT2D eigenvalue weighted by Gasteiger charge is -2.27. The average molecular weight is 462 g/mol. The van der Waals surface area contributed by atoms with Gasteiger partial charge in [-0.15, -0.1) is 0 Å². The Bertz CT molecular complexity index is 1290. The first-order valence-electron chi connectivity index (χ1n) is 10.9. The van der Waals surface area contributed by atoms with Crippen molar-refractivity contribution >= 4 is 5.91 Å². The smallest absolute Gasteiger partial charge is 0.254 e.